The zero-order valence-corrected chi connectivity index (χ0v) is 12.2. The van der Waals surface area contributed by atoms with Crippen molar-refractivity contribution >= 4 is 17.3 Å². The van der Waals surface area contributed by atoms with E-state index in [-0.39, 0.29) is 6.04 Å². The highest BCUT2D eigenvalue weighted by Gasteiger charge is 2.22. The Labute approximate surface area is 110 Å². The molecule has 0 aliphatic carbocycles. The first kappa shape index (κ1) is 14.7. The van der Waals surface area contributed by atoms with E-state index in [0.29, 0.717) is 12.6 Å². The molecule has 1 atom stereocenters. The van der Waals surface area contributed by atoms with E-state index in [1.807, 2.05) is 0 Å². The maximum atomic E-state index is 5.41. The van der Waals surface area contributed by atoms with Gasteiger partial charge >= 0.3 is 0 Å². The molecular formula is C12H25N3OS. The van der Waals surface area contributed by atoms with Gasteiger partial charge in [0.2, 0.25) is 0 Å². The van der Waals surface area contributed by atoms with Crippen molar-refractivity contribution < 1.29 is 4.74 Å². The van der Waals surface area contributed by atoms with E-state index < -0.39 is 0 Å². The molecule has 0 aromatic carbocycles. The van der Waals surface area contributed by atoms with Crippen molar-refractivity contribution in [2.75, 3.05) is 40.9 Å². The molecule has 1 rings (SSSR count). The number of methoxy groups -OCH3 is 1. The van der Waals surface area contributed by atoms with Gasteiger partial charge in [-0.2, -0.15) is 0 Å². The molecule has 100 valence electrons. The lowest BCUT2D eigenvalue weighted by atomic mass is 10.0. The van der Waals surface area contributed by atoms with Crippen LogP contribution < -0.4 is 5.32 Å². The molecule has 1 unspecified atom stereocenters. The zero-order chi connectivity index (χ0) is 12.8. The summed E-state index contributed by atoms with van der Waals surface area (Å²) in [6.07, 6.45) is 2.38. The summed E-state index contributed by atoms with van der Waals surface area (Å²) >= 11 is 5.41. The lowest BCUT2D eigenvalue weighted by molar-refractivity contribution is 0.172. The Morgan fingerprint density at radius 3 is 2.53 bits per heavy atom. The minimum atomic E-state index is 0.277. The van der Waals surface area contributed by atoms with Gasteiger partial charge in [-0.15, -0.1) is 0 Å². The van der Waals surface area contributed by atoms with Crippen LogP contribution in [0.25, 0.3) is 0 Å². The predicted molar refractivity (Wildman–Crippen MR) is 75.4 cm³/mol. The van der Waals surface area contributed by atoms with Crippen molar-refractivity contribution in [3.05, 3.63) is 0 Å². The monoisotopic (exact) mass is 259 g/mol. The molecule has 4 nitrogen and oxygen atoms in total. The topological polar surface area (TPSA) is 27.7 Å². The Kier molecular flexibility index (Phi) is 6.16. The standard InChI is InChI=1S/C12H25N3OS/c1-10(9-16-4)13-12(17)15-7-5-11(6-8-15)14(2)3/h10-11H,5-9H2,1-4H3,(H,13,17). The number of rotatable bonds is 4. The second-order valence-corrected chi connectivity index (χ2v) is 5.37. The van der Waals surface area contributed by atoms with Crippen LogP contribution in [-0.2, 0) is 4.74 Å². The van der Waals surface area contributed by atoms with Gasteiger partial charge < -0.3 is 19.9 Å². The predicted octanol–water partition coefficient (Wildman–Crippen LogP) is 0.922. The van der Waals surface area contributed by atoms with Gasteiger partial charge in [0.1, 0.15) is 0 Å². The van der Waals surface area contributed by atoms with Crippen LogP contribution in [0.2, 0.25) is 0 Å². The smallest absolute Gasteiger partial charge is 0.169 e. The fourth-order valence-corrected chi connectivity index (χ4v) is 2.56. The molecule has 1 heterocycles. The number of nitrogens with one attached hydrogen (secondary N) is 1. The fourth-order valence-electron chi connectivity index (χ4n) is 2.18. The van der Waals surface area contributed by atoms with Crippen LogP contribution in [0, 0.1) is 0 Å². The zero-order valence-electron chi connectivity index (χ0n) is 11.4. The van der Waals surface area contributed by atoms with E-state index >= 15 is 0 Å². The lowest BCUT2D eigenvalue weighted by Gasteiger charge is -2.37. The first-order valence-corrected chi connectivity index (χ1v) is 6.66. The third-order valence-electron chi connectivity index (χ3n) is 3.27. The Bertz CT molecular complexity index is 240. The molecule has 0 bridgehead atoms. The van der Waals surface area contributed by atoms with Crippen molar-refractivity contribution in [2.45, 2.75) is 31.8 Å². The largest absolute Gasteiger partial charge is 0.383 e. The number of piperidine rings is 1. The second kappa shape index (κ2) is 7.13. The van der Waals surface area contributed by atoms with Crippen LogP contribution >= 0.6 is 12.2 Å². The van der Waals surface area contributed by atoms with Gasteiger partial charge in [0.05, 0.1) is 6.61 Å². The molecule has 0 amide bonds. The highest BCUT2D eigenvalue weighted by Crippen LogP contribution is 2.14. The summed E-state index contributed by atoms with van der Waals surface area (Å²) < 4.78 is 5.09. The van der Waals surface area contributed by atoms with Crippen LogP contribution in [-0.4, -0.2) is 67.9 Å². The summed E-state index contributed by atoms with van der Waals surface area (Å²) in [7, 11) is 6.01. The maximum absolute atomic E-state index is 5.41. The highest BCUT2D eigenvalue weighted by molar-refractivity contribution is 7.80. The van der Waals surface area contributed by atoms with Crippen LogP contribution in [0.5, 0.6) is 0 Å². The fraction of sp³-hybridized carbons (Fsp3) is 0.917. The molecule has 1 aliphatic heterocycles. The number of hydrogen-bond acceptors (Lipinski definition) is 3. The average Bonchev–Trinajstić information content (AvgIpc) is 2.29. The summed E-state index contributed by atoms with van der Waals surface area (Å²) in [5.41, 5.74) is 0. The van der Waals surface area contributed by atoms with Gasteiger partial charge in [-0.25, -0.2) is 0 Å². The molecule has 1 aliphatic rings. The SMILES string of the molecule is COCC(C)NC(=S)N1CCC(N(C)C)CC1. The number of thiocarbonyl (C=S) groups is 1. The Hall–Kier alpha value is -0.390. The highest BCUT2D eigenvalue weighted by atomic mass is 32.1. The van der Waals surface area contributed by atoms with E-state index in [1.54, 1.807) is 7.11 Å². The molecule has 17 heavy (non-hydrogen) atoms. The Morgan fingerprint density at radius 1 is 1.47 bits per heavy atom. The Balaban J connectivity index is 2.30. The van der Waals surface area contributed by atoms with Crippen LogP contribution in [0.1, 0.15) is 19.8 Å². The molecule has 1 N–H and O–H groups in total. The summed E-state index contributed by atoms with van der Waals surface area (Å²) in [6.45, 7) is 4.87. The van der Waals surface area contributed by atoms with Crippen LogP contribution in [0.3, 0.4) is 0 Å². The van der Waals surface area contributed by atoms with Crippen LogP contribution in [0.4, 0.5) is 0 Å². The molecular weight excluding hydrogens is 234 g/mol. The van der Waals surface area contributed by atoms with Crippen molar-refractivity contribution in [1.29, 1.82) is 0 Å². The molecule has 0 spiro atoms. The summed E-state index contributed by atoms with van der Waals surface area (Å²) in [6, 6.07) is 0.976. The van der Waals surface area contributed by atoms with Crippen molar-refractivity contribution in [1.82, 2.24) is 15.1 Å². The van der Waals surface area contributed by atoms with Gasteiger partial charge in [0, 0.05) is 32.3 Å². The lowest BCUT2D eigenvalue weighted by Crippen LogP contribution is -2.50. The van der Waals surface area contributed by atoms with Gasteiger partial charge in [0.25, 0.3) is 0 Å². The third-order valence-corrected chi connectivity index (χ3v) is 3.64. The van der Waals surface area contributed by atoms with E-state index in [1.165, 1.54) is 12.8 Å². The molecule has 1 fully saturated rings. The minimum absolute atomic E-state index is 0.277. The van der Waals surface area contributed by atoms with Crippen molar-refractivity contribution in [3.8, 4) is 0 Å². The quantitative estimate of drug-likeness (QED) is 0.758. The normalized spacial score (nSPS) is 19.5. The van der Waals surface area contributed by atoms with Gasteiger partial charge in [-0.1, -0.05) is 0 Å². The van der Waals surface area contributed by atoms with Crippen molar-refractivity contribution in [2.24, 2.45) is 0 Å². The first-order chi connectivity index (χ1) is 8.04. The van der Waals surface area contributed by atoms with Gasteiger partial charge in [0.15, 0.2) is 5.11 Å². The van der Waals surface area contributed by atoms with Gasteiger partial charge in [-0.3, -0.25) is 0 Å². The Morgan fingerprint density at radius 2 is 2.06 bits per heavy atom. The number of nitrogens with zero attached hydrogens (tertiary/aromatic N) is 2. The molecule has 0 radical (unpaired) electrons. The van der Waals surface area contributed by atoms with Crippen molar-refractivity contribution in [3.63, 3.8) is 0 Å². The minimum Gasteiger partial charge on any atom is -0.383 e. The maximum Gasteiger partial charge on any atom is 0.169 e. The van der Waals surface area contributed by atoms with Gasteiger partial charge in [-0.05, 0) is 46.1 Å². The van der Waals surface area contributed by atoms with E-state index in [2.05, 4.69) is 36.1 Å². The van der Waals surface area contributed by atoms with E-state index in [9.17, 15) is 0 Å². The number of ether oxygens (including phenoxy) is 1. The molecule has 0 aromatic rings. The summed E-state index contributed by atoms with van der Waals surface area (Å²) in [5, 5.41) is 4.18. The third kappa shape index (κ3) is 4.77. The molecule has 0 aromatic heterocycles. The average molecular weight is 259 g/mol. The second-order valence-electron chi connectivity index (χ2n) is 4.99. The summed E-state index contributed by atoms with van der Waals surface area (Å²) in [4.78, 5) is 4.57. The number of likely N-dealkylation sites (tertiary alicyclic amines) is 1. The van der Waals surface area contributed by atoms with E-state index in [0.717, 1.165) is 18.2 Å². The molecule has 1 saturated heterocycles. The summed E-state index contributed by atoms with van der Waals surface area (Å²) in [5.74, 6) is 0. The molecule has 0 saturated carbocycles. The van der Waals surface area contributed by atoms with Crippen LogP contribution in [0.15, 0.2) is 0 Å². The van der Waals surface area contributed by atoms with E-state index in [4.69, 9.17) is 17.0 Å². The molecule has 5 heteroatoms. The number of hydrogen-bond donors (Lipinski definition) is 1. The first-order valence-electron chi connectivity index (χ1n) is 6.25.